The fourth-order valence-electron chi connectivity index (χ4n) is 2.33. The van der Waals surface area contributed by atoms with Gasteiger partial charge in [0, 0.05) is 19.8 Å². The van der Waals surface area contributed by atoms with Crippen LogP contribution < -0.4 is 0 Å². The van der Waals surface area contributed by atoms with Crippen LogP contribution in [0.25, 0.3) is 11.2 Å². The topological polar surface area (TPSA) is 52.8 Å². The highest BCUT2D eigenvalue weighted by atomic mass is 35.5. The summed E-state index contributed by atoms with van der Waals surface area (Å²) in [6.45, 7) is 4.74. The van der Waals surface area contributed by atoms with E-state index in [1.54, 1.807) is 12.4 Å². The average Bonchev–Trinajstić information content (AvgIpc) is 2.72. The molecule has 5 nitrogen and oxygen atoms in total. The minimum absolute atomic E-state index is 0.210. The van der Waals surface area contributed by atoms with Crippen molar-refractivity contribution in [3.63, 3.8) is 0 Å². The summed E-state index contributed by atoms with van der Waals surface area (Å²) in [7, 11) is 0. The Kier molecular flexibility index (Phi) is 2.95. The molecule has 0 bridgehead atoms. The molecule has 1 fully saturated rings. The largest absolute Gasteiger partial charge is 0.381 e. The standard InChI is InChI=1S/C12H15ClN4O/c1-12(2-4-18-5-3-12)8-17-11-9(6-15-17)14-7-10(13)16-11/h6-7H,2-5,8H2,1H3. The van der Waals surface area contributed by atoms with Gasteiger partial charge in [0.15, 0.2) is 5.65 Å². The summed E-state index contributed by atoms with van der Waals surface area (Å²) < 4.78 is 7.31. The number of nitrogens with zero attached hydrogens (tertiary/aromatic N) is 4. The Balaban J connectivity index is 1.92. The minimum Gasteiger partial charge on any atom is -0.381 e. The van der Waals surface area contributed by atoms with Gasteiger partial charge in [0.05, 0.1) is 12.4 Å². The number of fused-ring (bicyclic) bond motifs is 1. The van der Waals surface area contributed by atoms with Gasteiger partial charge in [-0.15, -0.1) is 0 Å². The number of ether oxygens (including phenoxy) is 1. The molecule has 0 atom stereocenters. The molecule has 0 aliphatic carbocycles. The first-order valence-corrected chi connectivity index (χ1v) is 6.46. The van der Waals surface area contributed by atoms with Gasteiger partial charge in [0.25, 0.3) is 0 Å². The molecule has 0 radical (unpaired) electrons. The molecule has 1 saturated heterocycles. The van der Waals surface area contributed by atoms with Crippen molar-refractivity contribution in [2.24, 2.45) is 5.41 Å². The number of hydrogen-bond donors (Lipinski definition) is 0. The van der Waals surface area contributed by atoms with E-state index in [-0.39, 0.29) is 5.41 Å². The summed E-state index contributed by atoms with van der Waals surface area (Å²) in [5, 5.41) is 4.77. The summed E-state index contributed by atoms with van der Waals surface area (Å²) in [6.07, 6.45) is 5.37. The van der Waals surface area contributed by atoms with E-state index in [0.29, 0.717) is 5.15 Å². The zero-order valence-corrected chi connectivity index (χ0v) is 11.0. The van der Waals surface area contributed by atoms with Crippen LogP contribution in [0.15, 0.2) is 12.4 Å². The Morgan fingerprint density at radius 2 is 2.17 bits per heavy atom. The highest BCUT2D eigenvalue weighted by Crippen LogP contribution is 2.32. The van der Waals surface area contributed by atoms with Crippen molar-refractivity contribution in [3.8, 4) is 0 Å². The number of aromatic nitrogens is 4. The van der Waals surface area contributed by atoms with E-state index in [1.165, 1.54) is 0 Å². The van der Waals surface area contributed by atoms with Gasteiger partial charge in [-0.1, -0.05) is 18.5 Å². The van der Waals surface area contributed by atoms with Crippen molar-refractivity contribution in [2.75, 3.05) is 13.2 Å². The third-order valence-corrected chi connectivity index (χ3v) is 3.73. The van der Waals surface area contributed by atoms with Crippen LogP contribution in [0, 0.1) is 5.41 Å². The Labute approximate surface area is 110 Å². The lowest BCUT2D eigenvalue weighted by Gasteiger charge is -2.33. The maximum atomic E-state index is 5.89. The maximum Gasteiger partial charge on any atom is 0.178 e. The molecule has 18 heavy (non-hydrogen) atoms. The molecule has 1 aliphatic heterocycles. The molecule has 6 heteroatoms. The quantitative estimate of drug-likeness (QED) is 0.837. The van der Waals surface area contributed by atoms with Crippen LogP contribution in [0.3, 0.4) is 0 Å². The summed E-state index contributed by atoms with van der Waals surface area (Å²) >= 11 is 5.89. The fraction of sp³-hybridized carbons (Fsp3) is 0.583. The zero-order valence-electron chi connectivity index (χ0n) is 10.3. The van der Waals surface area contributed by atoms with E-state index in [9.17, 15) is 0 Å². The van der Waals surface area contributed by atoms with Gasteiger partial charge in [0.2, 0.25) is 0 Å². The molecule has 0 spiro atoms. The van der Waals surface area contributed by atoms with E-state index in [1.807, 2.05) is 4.68 Å². The van der Waals surface area contributed by atoms with Gasteiger partial charge in [-0.25, -0.2) is 14.6 Å². The lowest BCUT2D eigenvalue weighted by molar-refractivity contribution is 0.0144. The second-order valence-corrected chi connectivity index (χ2v) is 5.51. The number of halogens is 1. The Bertz CT molecular complexity index is 562. The predicted octanol–water partition coefficient (Wildman–Crippen LogP) is 2.30. The molecule has 0 unspecified atom stereocenters. The smallest absolute Gasteiger partial charge is 0.178 e. The molecule has 0 saturated carbocycles. The normalized spacial score (nSPS) is 19.2. The first-order valence-electron chi connectivity index (χ1n) is 6.08. The predicted molar refractivity (Wildman–Crippen MR) is 68.5 cm³/mol. The van der Waals surface area contributed by atoms with Gasteiger partial charge in [-0.3, -0.25) is 0 Å². The first-order chi connectivity index (χ1) is 8.66. The molecule has 1 aliphatic rings. The lowest BCUT2D eigenvalue weighted by Crippen LogP contribution is -2.31. The summed E-state index contributed by atoms with van der Waals surface area (Å²) in [6, 6.07) is 0. The molecular formula is C12H15ClN4O. The molecule has 96 valence electrons. The first kappa shape index (κ1) is 11.9. The van der Waals surface area contributed by atoms with Crippen molar-refractivity contribution in [3.05, 3.63) is 17.5 Å². The minimum atomic E-state index is 0.210. The van der Waals surface area contributed by atoms with E-state index < -0.39 is 0 Å². The lowest BCUT2D eigenvalue weighted by atomic mass is 9.82. The Morgan fingerprint density at radius 3 is 2.94 bits per heavy atom. The van der Waals surface area contributed by atoms with E-state index in [2.05, 4.69) is 22.0 Å². The van der Waals surface area contributed by atoms with Crippen LogP contribution in [-0.4, -0.2) is 33.0 Å². The monoisotopic (exact) mass is 266 g/mol. The van der Waals surface area contributed by atoms with Crippen LogP contribution in [-0.2, 0) is 11.3 Å². The zero-order chi connectivity index (χ0) is 12.6. The number of hydrogen-bond acceptors (Lipinski definition) is 4. The molecule has 0 amide bonds. The van der Waals surface area contributed by atoms with Crippen molar-refractivity contribution in [1.29, 1.82) is 0 Å². The summed E-state index contributed by atoms with van der Waals surface area (Å²) in [4.78, 5) is 8.52. The highest BCUT2D eigenvalue weighted by Gasteiger charge is 2.28. The van der Waals surface area contributed by atoms with Gasteiger partial charge >= 0.3 is 0 Å². The van der Waals surface area contributed by atoms with E-state index >= 15 is 0 Å². The van der Waals surface area contributed by atoms with Crippen LogP contribution >= 0.6 is 11.6 Å². The van der Waals surface area contributed by atoms with E-state index in [4.69, 9.17) is 16.3 Å². The second kappa shape index (κ2) is 4.48. The highest BCUT2D eigenvalue weighted by molar-refractivity contribution is 6.29. The van der Waals surface area contributed by atoms with Crippen molar-refractivity contribution in [2.45, 2.75) is 26.3 Å². The van der Waals surface area contributed by atoms with Crippen molar-refractivity contribution < 1.29 is 4.74 Å². The molecule has 3 rings (SSSR count). The fourth-order valence-corrected chi connectivity index (χ4v) is 2.46. The third-order valence-electron chi connectivity index (χ3n) is 3.55. The Hall–Kier alpha value is -1.20. The van der Waals surface area contributed by atoms with Gasteiger partial charge in [0.1, 0.15) is 10.7 Å². The third kappa shape index (κ3) is 2.20. The summed E-state index contributed by atoms with van der Waals surface area (Å²) in [5.74, 6) is 0. The van der Waals surface area contributed by atoms with Crippen molar-refractivity contribution in [1.82, 2.24) is 19.7 Å². The van der Waals surface area contributed by atoms with Crippen molar-refractivity contribution >= 4 is 22.8 Å². The Morgan fingerprint density at radius 1 is 1.39 bits per heavy atom. The van der Waals surface area contributed by atoms with Crippen LogP contribution in [0.5, 0.6) is 0 Å². The molecular weight excluding hydrogens is 252 g/mol. The number of rotatable bonds is 2. The molecule has 3 heterocycles. The molecule has 2 aromatic heterocycles. The molecule has 0 N–H and O–H groups in total. The van der Waals surface area contributed by atoms with Gasteiger partial charge in [-0.2, -0.15) is 5.10 Å². The second-order valence-electron chi connectivity index (χ2n) is 5.13. The van der Waals surface area contributed by atoms with Crippen LogP contribution in [0.4, 0.5) is 0 Å². The maximum absolute atomic E-state index is 5.89. The molecule has 0 aromatic carbocycles. The van der Waals surface area contributed by atoms with Crippen LogP contribution in [0.1, 0.15) is 19.8 Å². The SMILES string of the molecule is CC1(Cn2ncc3ncc(Cl)nc32)CCOCC1. The average molecular weight is 267 g/mol. The van der Waals surface area contributed by atoms with Gasteiger partial charge < -0.3 is 4.74 Å². The summed E-state index contributed by atoms with van der Waals surface area (Å²) in [5.41, 5.74) is 1.76. The molecule has 2 aromatic rings. The van der Waals surface area contributed by atoms with E-state index in [0.717, 1.165) is 43.8 Å². The van der Waals surface area contributed by atoms with Crippen LogP contribution in [0.2, 0.25) is 5.15 Å². The van der Waals surface area contributed by atoms with Gasteiger partial charge in [-0.05, 0) is 18.3 Å².